The van der Waals surface area contributed by atoms with Gasteiger partial charge in [-0.15, -0.1) is 0 Å². The Morgan fingerprint density at radius 2 is 0.730 bits per heavy atom. The zero-order chi connectivity index (χ0) is 26.6. The van der Waals surface area contributed by atoms with Crippen molar-refractivity contribution in [2.24, 2.45) is 0 Å². The first-order valence-corrected chi connectivity index (χ1v) is 11.6. The van der Waals surface area contributed by atoms with Crippen LogP contribution < -0.4 is 42.9 Å². The van der Waals surface area contributed by atoms with Gasteiger partial charge in [-0.05, 0) is 28.5 Å². The molecule has 183 valence electrons. The summed E-state index contributed by atoms with van der Waals surface area (Å²) in [7, 11) is -4.34. The highest BCUT2D eigenvalue weighted by Crippen LogP contribution is 2.13. The molecule has 0 saturated heterocycles. The molecule has 0 fully saturated rings. The SMILES string of the molecule is O[B]Oc1ccc([B-](c2ccc(B(O)O)cc2)(c2ccc(B(O)O)cc2)c2ccc(B(O)O)cc2)cc1. The van der Waals surface area contributed by atoms with Crippen LogP contribution in [0.5, 0.6) is 5.75 Å². The van der Waals surface area contributed by atoms with Crippen molar-refractivity contribution in [3.8, 4) is 5.75 Å². The normalized spacial score (nSPS) is 11.1. The average molecular weight is 494 g/mol. The Bertz CT molecular complexity index is 1170. The van der Waals surface area contributed by atoms with E-state index < -0.39 is 27.5 Å². The molecule has 0 unspecified atom stereocenters. The second-order valence-corrected chi connectivity index (χ2v) is 8.78. The third-order valence-electron chi connectivity index (χ3n) is 6.77. The van der Waals surface area contributed by atoms with E-state index >= 15 is 0 Å². The van der Waals surface area contributed by atoms with Gasteiger partial charge in [0.05, 0.1) is 5.75 Å². The second-order valence-electron chi connectivity index (χ2n) is 8.78. The molecule has 0 bridgehead atoms. The standard InChI is InChI=1S/C24H23B5O8/c30-25-37-24-15-13-23(14-16-24)29(20-7-1-17(2-8-20)26(31)32,21-9-3-18(4-10-21)27(33)34)22-11-5-19(6-12-22)28(35)36/h1-16,30-36H/q-1. The number of hydrogen-bond acceptors (Lipinski definition) is 8. The van der Waals surface area contributed by atoms with Gasteiger partial charge < -0.3 is 39.8 Å². The van der Waals surface area contributed by atoms with Crippen LogP contribution in [0.4, 0.5) is 0 Å². The summed E-state index contributed by atoms with van der Waals surface area (Å²) >= 11 is 0. The van der Waals surface area contributed by atoms with Gasteiger partial charge in [0, 0.05) is 0 Å². The summed E-state index contributed by atoms with van der Waals surface area (Å²) in [6.07, 6.45) is -1.97. The van der Waals surface area contributed by atoms with Crippen LogP contribution >= 0.6 is 0 Å². The second kappa shape index (κ2) is 11.4. The van der Waals surface area contributed by atoms with Gasteiger partial charge in [-0.2, -0.15) is 21.9 Å². The van der Waals surface area contributed by atoms with E-state index in [4.69, 9.17) is 9.68 Å². The molecular formula is C24H23B5O8-. The molecule has 0 spiro atoms. The maximum atomic E-state index is 9.64. The van der Waals surface area contributed by atoms with Crippen molar-refractivity contribution in [2.75, 3.05) is 0 Å². The lowest BCUT2D eigenvalue weighted by Crippen LogP contribution is -2.75. The smallest absolute Gasteiger partial charge is 0.537 e. The van der Waals surface area contributed by atoms with Gasteiger partial charge in [-0.1, -0.05) is 84.9 Å². The monoisotopic (exact) mass is 494 g/mol. The van der Waals surface area contributed by atoms with E-state index in [1.165, 1.54) is 0 Å². The Kier molecular flexibility index (Phi) is 8.26. The first-order valence-electron chi connectivity index (χ1n) is 11.6. The maximum absolute atomic E-state index is 9.64. The third-order valence-corrected chi connectivity index (χ3v) is 6.77. The van der Waals surface area contributed by atoms with E-state index in [9.17, 15) is 30.1 Å². The van der Waals surface area contributed by atoms with Crippen molar-refractivity contribution in [1.29, 1.82) is 0 Å². The topological polar surface area (TPSA) is 151 Å². The predicted molar refractivity (Wildman–Crippen MR) is 148 cm³/mol. The summed E-state index contributed by atoms with van der Waals surface area (Å²) in [5.74, 6) is 0.409. The zero-order valence-corrected chi connectivity index (χ0v) is 19.7. The fourth-order valence-electron chi connectivity index (χ4n) is 4.92. The lowest BCUT2D eigenvalue weighted by atomic mass is 9.13. The minimum absolute atomic E-state index is 0.313. The Morgan fingerprint density at radius 3 is 0.973 bits per heavy atom. The quantitative estimate of drug-likeness (QED) is 0.115. The number of benzene rings is 4. The van der Waals surface area contributed by atoms with Crippen LogP contribution in [0, 0.1) is 0 Å². The molecular weight excluding hydrogens is 470 g/mol. The zero-order valence-electron chi connectivity index (χ0n) is 19.7. The van der Waals surface area contributed by atoms with Crippen LogP contribution in [0.2, 0.25) is 0 Å². The highest BCUT2D eigenvalue weighted by Gasteiger charge is 2.32. The first-order chi connectivity index (χ1) is 17.8. The molecule has 0 heterocycles. The number of rotatable bonds is 9. The molecule has 4 aromatic rings. The molecule has 0 aliphatic rings. The van der Waals surface area contributed by atoms with E-state index in [1.807, 2.05) is 12.1 Å². The molecule has 0 aliphatic heterocycles. The summed E-state index contributed by atoms with van der Waals surface area (Å²) in [6.45, 7) is 0. The van der Waals surface area contributed by atoms with Gasteiger partial charge in [0.25, 0.3) is 0 Å². The Morgan fingerprint density at radius 1 is 0.459 bits per heavy atom. The van der Waals surface area contributed by atoms with Crippen LogP contribution in [-0.2, 0) is 0 Å². The molecule has 8 nitrogen and oxygen atoms in total. The van der Waals surface area contributed by atoms with Crippen molar-refractivity contribution in [3.05, 3.63) is 97.1 Å². The molecule has 4 aromatic carbocycles. The van der Waals surface area contributed by atoms with Crippen molar-refractivity contribution in [3.63, 3.8) is 0 Å². The Balaban J connectivity index is 2.04. The van der Waals surface area contributed by atoms with Gasteiger partial charge in [-0.25, -0.2) is 0 Å². The lowest BCUT2D eigenvalue weighted by molar-refractivity contribution is 0.424. The molecule has 0 saturated carbocycles. The minimum Gasteiger partial charge on any atom is -0.537 e. The predicted octanol–water partition coefficient (Wildman–Crippen LogP) is -4.99. The van der Waals surface area contributed by atoms with Crippen LogP contribution in [0.25, 0.3) is 0 Å². The largest absolute Gasteiger partial charge is 0.569 e. The van der Waals surface area contributed by atoms with Gasteiger partial charge >= 0.3 is 29.0 Å². The highest BCUT2D eigenvalue weighted by atomic mass is 16.5. The summed E-state index contributed by atoms with van der Waals surface area (Å²) in [4.78, 5) is 0. The van der Waals surface area contributed by atoms with E-state index in [0.717, 1.165) is 21.9 Å². The van der Waals surface area contributed by atoms with Gasteiger partial charge in [0.1, 0.15) is 6.15 Å². The summed E-state index contributed by atoms with van der Waals surface area (Å²) < 4.78 is 5.09. The summed E-state index contributed by atoms with van der Waals surface area (Å²) in [5, 5.41) is 66.9. The molecule has 37 heavy (non-hydrogen) atoms. The summed E-state index contributed by atoms with van der Waals surface area (Å²) in [6, 6.07) is 27.6. The highest BCUT2D eigenvalue weighted by molar-refractivity contribution is 7.20. The Hall–Kier alpha value is -3.28. The average Bonchev–Trinajstić information content (AvgIpc) is 2.91. The molecule has 13 heteroatoms. The lowest BCUT2D eigenvalue weighted by Gasteiger charge is -2.44. The molecule has 0 aliphatic carbocycles. The maximum Gasteiger partial charge on any atom is 0.569 e. The van der Waals surface area contributed by atoms with Crippen molar-refractivity contribution in [1.82, 2.24) is 0 Å². The molecule has 0 aromatic heterocycles. The van der Waals surface area contributed by atoms with Crippen molar-refractivity contribution >= 4 is 73.4 Å². The molecule has 0 amide bonds. The minimum atomic E-state index is -1.97. The van der Waals surface area contributed by atoms with Crippen LogP contribution in [0.3, 0.4) is 0 Å². The molecule has 7 N–H and O–H groups in total. The van der Waals surface area contributed by atoms with Crippen molar-refractivity contribution < 1.29 is 39.8 Å². The third kappa shape index (κ3) is 5.39. The number of hydrogen-bond donors (Lipinski definition) is 7. The van der Waals surface area contributed by atoms with Crippen LogP contribution in [0.1, 0.15) is 0 Å². The van der Waals surface area contributed by atoms with Gasteiger partial charge in [0.15, 0.2) is 0 Å². The van der Waals surface area contributed by atoms with E-state index in [2.05, 4.69) is 0 Å². The van der Waals surface area contributed by atoms with E-state index in [1.54, 1.807) is 84.9 Å². The molecule has 4 rings (SSSR count). The first kappa shape index (κ1) is 26.8. The molecule has 1 radical (unpaired) electrons. The van der Waals surface area contributed by atoms with Crippen LogP contribution in [-0.4, -0.2) is 70.4 Å². The van der Waals surface area contributed by atoms with Gasteiger partial charge in [0.2, 0.25) is 0 Å². The Labute approximate surface area is 216 Å². The molecule has 0 atom stereocenters. The van der Waals surface area contributed by atoms with E-state index in [0.29, 0.717) is 29.8 Å². The van der Waals surface area contributed by atoms with Gasteiger partial charge in [-0.3, -0.25) is 0 Å². The van der Waals surface area contributed by atoms with E-state index in [-0.39, 0.29) is 0 Å². The van der Waals surface area contributed by atoms with Crippen molar-refractivity contribution in [2.45, 2.75) is 0 Å². The fraction of sp³-hybridized carbons (Fsp3) is 0. The fourth-order valence-corrected chi connectivity index (χ4v) is 4.92. The van der Waals surface area contributed by atoms with Crippen LogP contribution in [0.15, 0.2) is 97.1 Å². The summed E-state index contributed by atoms with van der Waals surface area (Å²) in [5.41, 5.74) is 4.19.